The van der Waals surface area contributed by atoms with Crippen molar-refractivity contribution in [2.24, 2.45) is 4.99 Å². The molecule has 2 aliphatic rings. The number of carbonyl (C=O) groups is 1. The first-order valence-electron chi connectivity index (χ1n) is 9.40. The molecule has 1 aromatic heterocycles. The number of anilines is 1. The minimum Gasteiger partial charge on any atom is -0.496 e. The van der Waals surface area contributed by atoms with Gasteiger partial charge < -0.3 is 10.1 Å². The molecule has 0 atom stereocenters. The van der Waals surface area contributed by atoms with E-state index in [1.807, 2.05) is 22.3 Å². The second-order valence-electron chi connectivity index (χ2n) is 6.71. The Morgan fingerprint density at radius 2 is 2.23 bits per heavy atom. The second kappa shape index (κ2) is 8.76. The Bertz CT molecular complexity index is 1080. The van der Waals surface area contributed by atoms with Crippen molar-refractivity contribution in [1.82, 2.24) is 20.1 Å². The number of nitrogens with zero attached hydrogens (tertiary/aromatic N) is 5. The number of fused-ring (bicyclic) bond motifs is 1. The summed E-state index contributed by atoms with van der Waals surface area (Å²) < 4.78 is 31.7. The Balaban J connectivity index is 1.72. The number of hydrogen-bond donors (Lipinski definition) is 1. The third-order valence-corrected chi connectivity index (χ3v) is 4.89. The summed E-state index contributed by atoms with van der Waals surface area (Å²) >= 11 is 6.22. The summed E-state index contributed by atoms with van der Waals surface area (Å²) in [4.78, 5) is 16.4. The molecule has 2 aliphatic heterocycles. The van der Waals surface area contributed by atoms with Crippen molar-refractivity contribution in [1.29, 1.82) is 0 Å². The molecule has 0 aliphatic carbocycles. The molecule has 0 unspecified atom stereocenters. The number of halogens is 3. The highest BCUT2D eigenvalue weighted by Crippen LogP contribution is 2.39. The molecule has 4 rings (SSSR count). The zero-order valence-corrected chi connectivity index (χ0v) is 17.3. The van der Waals surface area contributed by atoms with Crippen LogP contribution in [0.1, 0.15) is 0 Å². The molecule has 31 heavy (non-hydrogen) atoms. The Morgan fingerprint density at radius 3 is 3.00 bits per heavy atom. The molecule has 0 radical (unpaired) electrons. The summed E-state index contributed by atoms with van der Waals surface area (Å²) in [5, 5.41) is 11.0. The number of hydrogen-bond acceptors (Lipinski definition) is 6. The number of carbonyl (C=O) groups excluding carboxylic acids is 1. The van der Waals surface area contributed by atoms with Crippen molar-refractivity contribution in [2.45, 2.75) is 13.0 Å². The number of benzene rings is 1. The highest BCUT2D eigenvalue weighted by atomic mass is 35.5. The molecular formula is C20H19ClF2N6O2. The van der Waals surface area contributed by atoms with Crippen LogP contribution in [0.5, 0.6) is 5.75 Å². The number of alkyl halides is 2. The van der Waals surface area contributed by atoms with Crippen molar-refractivity contribution in [2.75, 3.05) is 25.2 Å². The third-order valence-electron chi connectivity index (χ3n) is 4.66. The van der Waals surface area contributed by atoms with E-state index in [9.17, 15) is 13.6 Å². The van der Waals surface area contributed by atoms with Crippen LogP contribution in [-0.4, -0.2) is 53.5 Å². The van der Waals surface area contributed by atoms with Gasteiger partial charge in [-0.3, -0.25) is 14.5 Å². The van der Waals surface area contributed by atoms with Gasteiger partial charge in [0.1, 0.15) is 29.5 Å². The van der Waals surface area contributed by atoms with Gasteiger partial charge in [0.2, 0.25) is 5.91 Å². The molecule has 162 valence electrons. The van der Waals surface area contributed by atoms with Crippen LogP contribution in [-0.2, 0) is 11.3 Å². The van der Waals surface area contributed by atoms with Crippen molar-refractivity contribution >= 4 is 29.4 Å². The summed E-state index contributed by atoms with van der Waals surface area (Å²) in [7, 11) is 1.54. The Morgan fingerprint density at radius 1 is 1.39 bits per heavy atom. The van der Waals surface area contributed by atoms with E-state index < -0.39 is 18.9 Å². The standard InChI is InChI=1S/C20H19ClF2N6O2/c1-31-16-4-3-13(21)9-14(16)20-15(28-8-5-18-24-6-2-7-29(18)28)11-27(26-20)12-19(30)25-10-17(22)23/h2-7,9,11,17H,8,10,12H2,1H3,(H,25,30). The molecule has 1 N–H and O–H groups in total. The van der Waals surface area contributed by atoms with Gasteiger partial charge in [0.05, 0.1) is 26.4 Å². The topological polar surface area (TPSA) is 75.0 Å². The third kappa shape index (κ3) is 4.38. The number of aromatic nitrogens is 2. The molecule has 3 heterocycles. The SMILES string of the molecule is COc1ccc(Cl)cc1-c1nn(CC(=O)NCC(F)F)cc1N1CC=C2N=CC=CN21. The maximum atomic E-state index is 12.4. The quantitative estimate of drug-likeness (QED) is 0.704. The van der Waals surface area contributed by atoms with Crippen molar-refractivity contribution in [3.63, 3.8) is 0 Å². The van der Waals surface area contributed by atoms with Gasteiger partial charge >= 0.3 is 0 Å². The lowest BCUT2D eigenvalue weighted by molar-refractivity contribution is -0.122. The molecule has 2 aromatic rings. The highest BCUT2D eigenvalue weighted by Gasteiger charge is 2.29. The van der Waals surface area contributed by atoms with Gasteiger partial charge in [-0.05, 0) is 30.4 Å². The lowest BCUT2D eigenvalue weighted by Gasteiger charge is -2.30. The fourth-order valence-corrected chi connectivity index (χ4v) is 3.50. The van der Waals surface area contributed by atoms with Gasteiger partial charge in [0.25, 0.3) is 6.43 Å². The van der Waals surface area contributed by atoms with Crippen LogP contribution >= 0.6 is 11.6 Å². The first-order chi connectivity index (χ1) is 15.0. The van der Waals surface area contributed by atoms with Crippen LogP contribution in [0.15, 0.2) is 53.6 Å². The number of methoxy groups -OCH3 is 1. The largest absolute Gasteiger partial charge is 0.496 e. The van der Waals surface area contributed by atoms with E-state index in [1.54, 1.807) is 43.8 Å². The van der Waals surface area contributed by atoms with E-state index in [2.05, 4.69) is 15.4 Å². The minimum atomic E-state index is -2.62. The molecule has 11 heteroatoms. The Kier molecular flexibility index (Phi) is 5.90. The minimum absolute atomic E-state index is 0.218. The zero-order chi connectivity index (χ0) is 22.0. The number of allylic oxidation sites excluding steroid dienone is 1. The first-order valence-corrected chi connectivity index (χ1v) is 9.78. The summed E-state index contributed by atoms with van der Waals surface area (Å²) in [6.45, 7) is -0.404. The van der Waals surface area contributed by atoms with Crippen LogP contribution in [0.3, 0.4) is 0 Å². The molecule has 1 amide bonds. The Labute approximate surface area is 182 Å². The maximum absolute atomic E-state index is 12.4. The fraction of sp³-hybridized carbons (Fsp3) is 0.250. The van der Waals surface area contributed by atoms with Crippen molar-refractivity contribution in [3.8, 4) is 17.0 Å². The van der Waals surface area contributed by atoms with E-state index >= 15 is 0 Å². The summed E-state index contributed by atoms with van der Waals surface area (Å²) in [6.07, 6.45) is 6.37. The number of amides is 1. The average Bonchev–Trinajstić information content (AvgIpc) is 3.36. The van der Waals surface area contributed by atoms with E-state index in [0.717, 1.165) is 5.82 Å². The van der Waals surface area contributed by atoms with Crippen LogP contribution in [0, 0.1) is 0 Å². The van der Waals surface area contributed by atoms with E-state index in [0.29, 0.717) is 34.3 Å². The second-order valence-corrected chi connectivity index (χ2v) is 7.15. The number of aliphatic imine (C=N–C) groups is 1. The van der Waals surface area contributed by atoms with Crippen molar-refractivity contribution in [3.05, 3.63) is 53.6 Å². The summed E-state index contributed by atoms with van der Waals surface area (Å²) in [6, 6.07) is 5.16. The molecule has 0 saturated carbocycles. The van der Waals surface area contributed by atoms with E-state index in [-0.39, 0.29) is 6.54 Å². The van der Waals surface area contributed by atoms with Crippen LogP contribution in [0.4, 0.5) is 14.5 Å². The monoisotopic (exact) mass is 448 g/mol. The summed E-state index contributed by atoms with van der Waals surface area (Å²) in [5.74, 6) is 0.744. The average molecular weight is 449 g/mol. The van der Waals surface area contributed by atoms with Gasteiger partial charge in [-0.2, -0.15) is 5.10 Å². The van der Waals surface area contributed by atoms with E-state index in [4.69, 9.17) is 16.3 Å². The predicted octanol–water partition coefficient (Wildman–Crippen LogP) is 3.07. The normalized spacial score (nSPS) is 14.8. The van der Waals surface area contributed by atoms with Gasteiger partial charge in [0.15, 0.2) is 0 Å². The van der Waals surface area contributed by atoms with E-state index in [1.165, 1.54) is 4.68 Å². The smallest absolute Gasteiger partial charge is 0.255 e. The highest BCUT2D eigenvalue weighted by molar-refractivity contribution is 6.31. The molecule has 1 aromatic carbocycles. The number of nitrogens with one attached hydrogen (secondary N) is 1. The zero-order valence-electron chi connectivity index (χ0n) is 16.5. The lowest BCUT2D eigenvalue weighted by Crippen LogP contribution is -2.34. The van der Waals surface area contributed by atoms with Crippen molar-refractivity contribution < 1.29 is 18.3 Å². The van der Waals surface area contributed by atoms with Crippen LogP contribution in [0.2, 0.25) is 5.02 Å². The van der Waals surface area contributed by atoms with Crippen LogP contribution in [0.25, 0.3) is 11.3 Å². The van der Waals surface area contributed by atoms with Gasteiger partial charge in [-0.25, -0.2) is 18.8 Å². The predicted molar refractivity (Wildman–Crippen MR) is 113 cm³/mol. The molecule has 0 spiro atoms. The number of ether oxygens (including phenoxy) is 1. The van der Waals surface area contributed by atoms with Gasteiger partial charge in [0, 0.05) is 23.0 Å². The van der Waals surface area contributed by atoms with Crippen LogP contribution < -0.4 is 15.1 Å². The summed E-state index contributed by atoms with van der Waals surface area (Å²) in [5.41, 5.74) is 1.84. The van der Waals surface area contributed by atoms with Gasteiger partial charge in [-0.1, -0.05) is 11.6 Å². The molecule has 0 bridgehead atoms. The molecular weight excluding hydrogens is 430 g/mol. The molecule has 0 saturated heterocycles. The number of hydrazine groups is 1. The molecule has 8 nitrogen and oxygen atoms in total. The number of rotatable bonds is 7. The van der Waals surface area contributed by atoms with Gasteiger partial charge in [-0.15, -0.1) is 0 Å². The lowest BCUT2D eigenvalue weighted by atomic mass is 10.1. The molecule has 0 fully saturated rings. The fourth-order valence-electron chi connectivity index (χ4n) is 3.33. The first kappa shape index (κ1) is 20.9. The maximum Gasteiger partial charge on any atom is 0.255 e. The Hall–Kier alpha value is -3.40.